The van der Waals surface area contributed by atoms with E-state index in [2.05, 4.69) is 20.6 Å². The lowest BCUT2D eigenvalue weighted by atomic mass is 9.82. The fourth-order valence-electron chi connectivity index (χ4n) is 7.83. The Hall–Kier alpha value is -3.74. The van der Waals surface area contributed by atoms with Crippen LogP contribution in [0.15, 0.2) is 41.5 Å². The van der Waals surface area contributed by atoms with E-state index in [4.69, 9.17) is 56.1 Å². The Labute approximate surface area is 442 Å². The number of phosphoric ester groups is 4. The third-order valence-corrected chi connectivity index (χ3v) is 15.8. The summed E-state index contributed by atoms with van der Waals surface area (Å²) in [6.07, 6.45) is -6.11. The van der Waals surface area contributed by atoms with Crippen LogP contribution in [0.1, 0.15) is 84.6 Å². The molecule has 31 nitrogen and oxygen atoms in total. The first kappa shape index (κ1) is 64.1. The zero-order chi connectivity index (χ0) is 56.9. The second-order valence-electron chi connectivity index (χ2n) is 18.1. The third-order valence-electron chi connectivity index (χ3n) is 11.6. The first-order chi connectivity index (χ1) is 36.1. The predicted molar refractivity (Wildman–Crippen MR) is 264 cm³/mol. The van der Waals surface area contributed by atoms with Crippen molar-refractivity contribution in [2.75, 3.05) is 38.8 Å². The Balaban J connectivity index is 1.00. The van der Waals surface area contributed by atoms with E-state index in [0.717, 1.165) is 10.8 Å². The first-order valence-electron chi connectivity index (χ1n) is 24.0. The lowest BCUT2D eigenvalue weighted by Gasteiger charge is -2.44. The molecule has 4 heterocycles. The summed E-state index contributed by atoms with van der Waals surface area (Å²) in [5, 5.41) is 32.3. The number of aliphatic hydroxyl groups excluding tert-OH is 2. The Morgan fingerprint density at radius 1 is 0.818 bits per heavy atom. The molecule has 0 spiro atoms. The van der Waals surface area contributed by atoms with E-state index in [1.165, 1.54) is 38.4 Å². The SMILES string of the molecule is CC(=O)NC1[C@H](OC(C)=O)OC(Cn2cc(-c3cc(CO)cc(COP(=O)(O)OCCCCOP(=O)(O)OCCCCOP(=O)(O)OC4[C@@H](COP(=O)(O)OC(C)C)O[C@@H](n5ccc(N)nc5=O)[C@H]4O)c3)nn2)[C@@H](C)[C@@H]1C. The molecule has 3 aromatic rings. The molecular formula is C42H67N7O24P4. The monoisotopic (exact) mass is 1180 g/mol. The van der Waals surface area contributed by atoms with E-state index in [1.807, 2.05) is 13.8 Å². The summed E-state index contributed by atoms with van der Waals surface area (Å²) in [6.45, 7) is 6.52. The number of esters is 1. The third kappa shape index (κ3) is 20.4. The highest BCUT2D eigenvalue weighted by molar-refractivity contribution is 7.48. The van der Waals surface area contributed by atoms with Crippen molar-refractivity contribution in [3.05, 3.63) is 58.3 Å². The molecule has 7 unspecified atom stereocenters. The van der Waals surface area contributed by atoms with Gasteiger partial charge in [0.25, 0.3) is 0 Å². The normalized spacial score (nSPS) is 25.9. The summed E-state index contributed by atoms with van der Waals surface area (Å²) in [4.78, 5) is 80.7. The molecule has 77 heavy (non-hydrogen) atoms. The van der Waals surface area contributed by atoms with Gasteiger partial charge in [0.15, 0.2) is 6.23 Å². The number of nitrogens with one attached hydrogen (secondary N) is 1. The number of ether oxygens (including phenoxy) is 3. The maximum atomic E-state index is 12.9. The van der Waals surface area contributed by atoms with E-state index in [9.17, 15) is 62.4 Å². The molecule has 9 N–H and O–H groups in total. The topological polar surface area (TPSA) is 429 Å². The quantitative estimate of drug-likeness (QED) is 0.0261. The predicted octanol–water partition coefficient (Wildman–Crippen LogP) is 2.97. The zero-order valence-electron chi connectivity index (χ0n) is 42.9. The smallest absolute Gasteiger partial charge is 0.434 e. The summed E-state index contributed by atoms with van der Waals surface area (Å²) in [6, 6.07) is 5.47. The van der Waals surface area contributed by atoms with Crippen LogP contribution in [0.3, 0.4) is 0 Å². The van der Waals surface area contributed by atoms with E-state index in [-0.39, 0.29) is 82.2 Å². The van der Waals surface area contributed by atoms with Crippen LogP contribution in [0, 0.1) is 11.8 Å². The number of nitrogens with two attached hydrogens (primary N) is 1. The molecule has 0 saturated carbocycles. The Morgan fingerprint density at radius 3 is 1.99 bits per heavy atom. The Bertz CT molecular complexity index is 2700. The van der Waals surface area contributed by atoms with Crippen molar-refractivity contribution in [3.63, 3.8) is 0 Å². The molecule has 2 aliphatic heterocycles. The van der Waals surface area contributed by atoms with Gasteiger partial charge >= 0.3 is 42.9 Å². The molecule has 1 amide bonds. The van der Waals surface area contributed by atoms with Crippen LogP contribution >= 0.6 is 31.3 Å². The van der Waals surface area contributed by atoms with Crippen LogP contribution < -0.4 is 16.7 Å². The van der Waals surface area contributed by atoms with Crippen LogP contribution in [0.5, 0.6) is 0 Å². The van der Waals surface area contributed by atoms with E-state index >= 15 is 0 Å². The molecule has 2 saturated heterocycles. The van der Waals surface area contributed by atoms with Gasteiger partial charge in [-0.25, -0.2) is 27.7 Å². The number of nitrogens with zero attached hydrogens (tertiary/aromatic N) is 5. The molecule has 0 aliphatic carbocycles. The van der Waals surface area contributed by atoms with E-state index < -0.39 is 112 Å². The zero-order valence-corrected chi connectivity index (χ0v) is 46.4. The molecule has 2 aliphatic rings. The van der Waals surface area contributed by atoms with Gasteiger partial charge in [-0.05, 0) is 80.7 Å². The summed E-state index contributed by atoms with van der Waals surface area (Å²) in [5.41, 5.74) is 6.29. The van der Waals surface area contributed by atoms with Crippen molar-refractivity contribution in [3.8, 4) is 11.3 Å². The number of hydrogen-bond donors (Lipinski definition) is 8. The van der Waals surface area contributed by atoms with Gasteiger partial charge in [0, 0.05) is 25.6 Å². The van der Waals surface area contributed by atoms with Gasteiger partial charge in [-0.3, -0.25) is 50.3 Å². The van der Waals surface area contributed by atoms with Gasteiger partial charge in [0.1, 0.15) is 29.8 Å². The number of carbonyl (C=O) groups excluding carboxylic acids is 2. The number of rotatable bonds is 31. The number of unbranched alkanes of at least 4 members (excludes halogenated alkanes) is 2. The second-order valence-corrected chi connectivity index (χ2v) is 23.9. The number of nitrogen functional groups attached to an aromatic ring is 1. The number of anilines is 1. The summed E-state index contributed by atoms with van der Waals surface area (Å²) in [5.74, 6) is -1.28. The van der Waals surface area contributed by atoms with Crippen molar-refractivity contribution < 1.29 is 108 Å². The standard InChI is InChI=1S/C42H67N7O24P4/c1-25(2)72-77(61,62)68-24-35-39(38(53)40(70-35)49-12-11-36(43)45-42(49)54)73-76(59,60)66-16-10-9-14-64-74(55,56)63-13-7-8-15-65-75(57,58)67-23-31-17-30(22-50)18-32(19-31)33-20-48(47-46-33)21-34-26(3)27(4)37(44-28(5)51)41(71-34)69-29(6)52/h11-12,17-20,25-27,34-35,37-41,50,53H,7-10,13-16,21-24H2,1-6H3,(H,44,51)(H,55,56)(H,57,58)(H,59,60)(H,61,62)(H2,43,45,54)/t26-,27-,34?,35+,37?,38-,39?,40+,41+/m0/s1. The van der Waals surface area contributed by atoms with E-state index in [0.29, 0.717) is 22.4 Å². The molecule has 5 rings (SSSR count). The van der Waals surface area contributed by atoms with Crippen molar-refractivity contribution in [1.82, 2.24) is 29.9 Å². The molecule has 434 valence electrons. The highest BCUT2D eigenvalue weighted by atomic mass is 31.2. The average molecular weight is 1180 g/mol. The van der Waals surface area contributed by atoms with Crippen LogP contribution in [-0.2, 0) is 98.0 Å². The number of phosphoric acid groups is 4. The van der Waals surface area contributed by atoms with Crippen LogP contribution in [0.2, 0.25) is 0 Å². The highest BCUT2D eigenvalue weighted by Crippen LogP contribution is 2.51. The van der Waals surface area contributed by atoms with Crippen LogP contribution in [0.4, 0.5) is 5.82 Å². The van der Waals surface area contributed by atoms with E-state index in [1.54, 1.807) is 24.4 Å². The van der Waals surface area contributed by atoms with Gasteiger partial charge in [-0.1, -0.05) is 25.1 Å². The minimum atomic E-state index is -5.04. The fourth-order valence-corrected chi connectivity index (χ4v) is 11.3. The van der Waals surface area contributed by atoms with Crippen molar-refractivity contribution >= 4 is 49.0 Å². The van der Waals surface area contributed by atoms with Gasteiger partial charge in [-0.15, -0.1) is 5.10 Å². The summed E-state index contributed by atoms with van der Waals surface area (Å²) < 4.78 is 110. The second kappa shape index (κ2) is 28.6. The number of aromatic nitrogens is 5. The number of hydrogen-bond acceptors (Lipinski definition) is 24. The number of carbonyl (C=O) groups is 2. The van der Waals surface area contributed by atoms with Crippen molar-refractivity contribution in [2.24, 2.45) is 11.8 Å². The number of aliphatic hydroxyl groups is 2. The number of benzene rings is 1. The molecule has 1 aromatic carbocycles. The molecule has 0 radical (unpaired) electrons. The Kier molecular flexibility index (Phi) is 23.8. The van der Waals surface area contributed by atoms with Crippen LogP contribution in [0.25, 0.3) is 11.3 Å². The average Bonchev–Trinajstić information content (AvgIpc) is 3.93. The maximum absolute atomic E-state index is 12.9. The van der Waals surface area contributed by atoms with Crippen molar-refractivity contribution in [2.45, 2.75) is 136 Å². The molecule has 2 fully saturated rings. The minimum absolute atomic E-state index is 0.00391. The lowest BCUT2D eigenvalue weighted by Crippen LogP contribution is -2.58. The van der Waals surface area contributed by atoms with Gasteiger partial charge in [0.2, 0.25) is 12.2 Å². The molecule has 0 bridgehead atoms. The Morgan fingerprint density at radius 2 is 1.42 bits per heavy atom. The lowest BCUT2D eigenvalue weighted by molar-refractivity contribution is -0.233. The number of amides is 1. The van der Waals surface area contributed by atoms with Gasteiger partial charge < -0.3 is 55.0 Å². The minimum Gasteiger partial charge on any atom is -0.434 e. The fraction of sp³-hybridized carbons (Fsp3) is 0.667. The van der Waals surface area contributed by atoms with Gasteiger partial charge in [-0.2, -0.15) is 4.98 Å². The molecule has 2 aromatic heterocycles. The molecular weight excluding hydrogens is 1110 g/mol. The van der Waals surface area contributed by atoms with Gasteiger partial charge in [0.05, 0.1) is 77.2 Å². The molecule has 35 heteroatoms. The van der Waals surface area contributed by atoms with Crippen LogP contribution in [-0.4, -0.2) is 142 Å². The summed E-state index contributed by atoms with van der Waals surface area (Å²) >= 11 is 0. The molecule has 13 atom stereocenters. The maximum Gasteiger partial charge on any atom is 0.472 e. The summed E-state index contributed by atoms with van der Waals surface area (Å²) in [7, 11) is -18.9. The largest absolute Gasteiger partial charge is 0.472 e. The first-order valence-corrected chi connectivity index (χ1v) is 30.0. The highest BCUT2D eigenvalue weighted by Gasteiger charge is 2.50. The van der Waals surface area contributed by atoms with Crippen molar-refractivity contribution in [1.29, 1.82) is 0 Å².